The number of aliphatic hydroxyl groups excluding tert-OH is 19. The molecule has 39 nitrogen and oxygen atoms in total. The van der Waals surface area contributed by atoms with Crippen molar-refractivity contribution in [2.24, 2.45) is 0 Å². The van der Waals surface area contributed by atoms with Crippen molar-refractivity contribution in [2.45, 2.75) is 435 Å². The van der Waals surface area contributed by atoms with E-state index in [9.17, 15) is 111 Å². The minimum Gasteiger partial charge on any atom is -0.394 e. The number of unbranched alkanes of at least 4 members (excludes halogenated alkanes) is 23. The number of hydrogen-bond donors (Lipinski definition) is 22. The highest BCUT2D eigenvalue weighted by molar-refractivity contribution is 5.76. The van der Waals surface area contributed by atoms with Gasteiger partial charge >= 0.3 is 0 Å². The standard InChI is InChI=1S/C80H143N3O36/c1-7-9-11-13-15-17-19-21-23-25-27-29-31-33-46(91)45(83-52(92)34-32-30-28-26-24-22-20-18-16-14-12-10-8-2)40-106-76-65(103)62(100)68(50(38-87)113-76)114-79-66(104)72(58(96)48(36-85)110-79)119-75-54(82-44(6)90)71(69(51(39-88)112-75)115-77-63(101)60(98)55(93)41(3)107-77)117-80-67(105)73(59(97)49(37-86)111-80)118-74-53(81-43(5)89)70(57(95)47(35-84)109-74)116-78-64(102)61(99)56(94)42(4)108-78/h31,33,41-42,45-51,53-80,84-88,91,93-105H,7-30,32,34-40H2,1-6H3,(H,81,89)(H,82,90)(H,83,92)/b33-31+/t41?,42?,45-,46+,47?,48?,49?,50?,51?,53?,54?,55+,56+,57+,58-,59-,60?,61?,62+,63-,64-,65?,66?,67?,68+,69+,70+,71+,72-,73-,74-,75-,76+,77+,78+,79-,80-/m0/s1. The Labute approximate surface area is 696 Å². The van der Waals surface area contributed by atoms with Gasteiger partial charge in [-0.05, 0) is 33.1 Å². The zero-order chi connectivity index (χ0) is 87.2. The Morgan fingerprint density at radius 1 is 0.345 bits per heavy atom. The van der Waals surface area contributed by atoms with Crippen LogP contribution in [0.5, 0.6) is 0 Å². The van der Waals surface area contributed by atoms with Crippen molar-refractivity contribution in [3.63, 3.8) is 0 Å². The van der Waals surface area contributed by atoms with E-state index in [4.69, 9.17) is 66.3 Å². The van der Waals surface area contributed by atoms with Crippen LogP contribution in [-0.4, -0.2) is 381 Å². The highest BCUT2D eigenvalue weighted by Crippen LogP contribution is 2.40. The lowest BCUT2D eigenvalue weighted by atomic mass is 9.93. The second kappa shape index (κ2) is 52.8. The van der Waals surface area contributed by atoms with E-state index >= 15 is 0 Å². The molecular weight excluding hydrogens is 1580 g/mol. The summed E-state index contributed by atoms with van der Waals surface area (Å²) < 4.78 is 84.8. The van der Waals surface area contributed by atoms with Crippen LogP contribution in [0.3, 0.4) is 0 Å². The van der Waals surface area contributed by atoms with Crippen LogP contribution in [0.25, 0.3) is 0 Å². The fraction of sp³-hybridized carbons (Fsp3) is 0.938. The smallest absolute Gasteiger partial charge is 0.220 e. The molecule has 0 aromatic heterocycles. The van der Waals surface area contributed by atoms with Crippen LogP contribution in [0.15, 0.2) is 12.2 Å². The Morgan fingerprint density at radius 3 is 1.10 bits per heavy atom. The minimum absolute atomic E-state index is 0.153. The summed E-state index contributed by atoms with van der Waals surface area (Å²) in [6, 6.07) is -4.86. The third kappa shape index (κ3) is 29.7. The van der Waals surface area contributed by atoms with Gasteiger partial charge in [0.2, 0.25) is 17.7 Å². The van der Waals surface area contributed by atoms with Crippen molar-refractivity contribution in [2.75, 3.05) is 39.6 Å². The summed E-state index contributed by atoms with van der Waals surface area (Å²) in [5, 5.41) is 223. The molecule has 37 atom stereocenters. The molecule has 0 aliphatic carbocycles. The van der Waals surface area contributed by atoms with E-state index in [0.29, 0.717) is 12.8 Å². The van der Waals surface area contributed by atoms with Crippen LogP contribution < -0.4 is 16.0 Å². The summed E-state index contributed by atoms with van der Waals surface area (Å²) in [5.41, 5.74) is 0. The van der Waals surface area contributed by atoms with E-state index in [-0.39, 0.29) is 12.3 Å². The van der Waals surface area contributed by atoms with E-state index in [2.05, 4.69) is 29.8 Å². The first kappa shape index (κ1) is 103. The van der Waals surface area contributed by atoms with E-state index in [0.717, 1.165) is 65.2 Å². The number of carbonyl (C=O) groups excluding carboxylic acids is 3. The molecule has 7 aliphatic heterocycles. The Morgan fingerprint density at radius 2 is 0.672 bits per heavy atom. The first-order valence-corrected chi connectivity index (χ1v) is 43.2. The molecule has 0 aromatic carbocycles. The van der Waals surface area contributed by atoms with Gasteiger partial charge in [-0.3, -0.25) is 14.4 Å². The predicted octanol–water partition coefficient (Wildman–Crippen LogP) is -3.32. The SMILES string of the molecule is CCCCCCCCCCCCC/C=C/[C@@H](O)[C@H](CO[C@@H]1OC(CO)[C@@H](O[C@@H]2OC(CO)[C@H](O)[C@H](O[C@@H]3OC(CO)[C@@H](O[C@H]4OC(C)[C@@H](O)C(O)[C@@H]4O)[C@H](O[C@@H]4OC(CO)[C@H](O)[C@H](O[C@@H]5OC(CO)[C@@H](O)[C@H](O[C@H]6OC(C)[C@@H](O)C(O)[C@@H]6O)C5NC(C)=O)C4O)C3NC(C)=O)C2O)[C@H](O)C1O)NC(=O)CCCCCCCCCCCCCCC. The maximum Gasteiger partial charge on any atom is 0.220 e. The van der Waals surface area contributed by atoms with Crippen molar-refractivity contribution >= 4 is 17.7 Å². The van der Waals surface area contributed by atoms with E-state index in [1.54, 1.807) is 6.08 Å². The van der Waals surface area contributed by atoms with Crippen molar-refractivity contribution in [3.05, 3.63) is 12.2 Å². The fourth-order valence-electron chi connectivity index (χ4n) is 16.1. The van der Waals surface area contributed by atoms with Crippen LogP contribution in [0.4, 0.5) is 0 Å². The van der Waals surface area contributed by atoms with Crippen LogP contribution in [0.2, 0.25) is 0 Å². The summed E-state index contributed by atoms with van der Waals surface area (Å²) in [5.74, 6) is -2.17. The zero-order valence-corrected chi connectivity index (χ0v) is 69.6. The second-order valence-electron chi connectivity index (χ2n) is 32.7. The molecule has 0 spiro atoms. The van der Waals surface area contributed by atoms with Crippen LogP contribution in [0, 0.1) is 0 Å². The molecule has 0 saturated carbocycles. The minimum atomic E-state index is -2.39. The molecule has 3 amide bonds. The normalized spacial score (nSPS) is 39.6. The highest BCUT2D eigenvalue weighted by Gasteiger charge is 2.60. The van der Waals surface area contributed by atoms with Gasteiger partial charge in [-0.1, -0.05) is 167 Å². The maximum atomic E-state index is 13.6. The Hall–Kier alpha value is -3.17. The topological polar surface area (TPSA) is 601 Å². The lowest BCUT2D eigenvalue weighted by Gasteiger charge is -2.52. The molecule has 7 rings (SSSR count). The second-order valence-corrected chi connectivity index (χ2v) is 32.7. The number of carbonyl (C=O) groups is 3. The van der Waals surface area contributed by atoms with Crippen LogP contribution >= 0.6 is 0 Å². The van der Waals surface area contributed by atoms with Crippen molar-refractivity contribution in [1.82, 2.24) is 16.0 Å². The van der Waals surface area contributed by atoms with Gasteiger partial charge in [0.05, 0.1) is 64.0 Å². The molecule has 7 saturated heterocycles. The first-order valence-electron chi connectivity index (χ1n) is 43.2. The van der Waals surface area contributed by atoms with Crippen LogP contribution in [-0.2, 0) is 80.7 Å². The molecule has 0 bridgehead atoms. The molecule has 39 heteroatoms. The number of hydrogen-bond acceptors (Lipinski definition) is 36. The lowest BCUT2D eigenvalue weighted by Crippen LogP contribution is -2.72. The molecule has 694 valence electrons. The third-order valence-electron chi connectivity index (χ3n) is 23.3. The Balaban J connectivity index is 1.10. The Kier molecular flexibility index (Phi) is 45.7. The summed E-state index contributed by atoms with van der Waals surface area (Å²) in [7, 11) is 0. The zero-order valence-electron chi connectivity index (χ0n) is 69.6. The average Bonchev–Trinajstić information content (AvgIpc) is 0.757. The molecule has 7 heterocycles. The average molecular weight is 1720 g/mol. The fourth-order valence-corrected chi connectivity index (χ4v) is 16.1. The maximum absolute atomic E-state index is 13.6. The van der Waals surface area contributed by atoms with Gasteiger partial charge in [0.25, 0.3) is 0 Å². The van der Waals surface area contributed by atoms with E-state index in [1.165, 1.54) is 110 Å². The molecule has 7 fully saturated rings. The number of rotatable bonds is 51. The van der Waals surface area contributed by atoms with Crippen LogP contribution in [0.1, 0.15) is 208 Å². The van der Waals surface area contributed by atoms with Gasteiger partial charge in [0.1, 0.15) is 159 Å². The number of aliphatic hydroxyl groups is 19. The van der Waals surface area contributed by atoms with Gasteiger partial charge in [-0.2, -0.15) is 0 Å². The molecule has 0 aromatic rings. The van der Waals surface area contributed by atoms with Crippen molar-refractivity contribution in [3.8, 4) is 0 Å². The largest absolute Gasteiger partial charge is 0.394 e. The molecule has 0 radical (unpaired) electrons. The van der Waals surface area contributed by atoms with Crippen molar-refractivity contribution in [1.29, 1.82) is 0 Å². The highest BCUT2D eigenvalue weighted by atomic mass is 16.8. The molecular formula is C80H143N3O36. The predicted molar refractivity (Wildman–Crippen MR) is 414 cm³/mol. The molecule has 119 heavy (non-hydrogen) atoms. The lowest BCUT2D eigenvalue weighted by molar-refractivity contribution is -0.396. The van der Waals surface area contributed by atoms with E-state index < -0.39 is 278 Å². The van der Waals surface area contributed by atoms with Gasteiger partial charge < -0.3 is 179 Å². The number of ether oxygens (including phenoxy) is 14. The molecule has 7 aliphatic rings. The third-order valence-corrected chi connectivity index (χ3v) is 23.3. The molecule has 14 unspecified atom stereocenters. The van der Waals surface area contributed by atoms with E-state index in [1.807, 2.05) is 6.08 Å². The summed E-state index contributed by atoms with van der Waals surface area (Å²) in [4.78, 5) is 40.2. The quantitative estimate of drug-likeness (QED) is 0.0209. The van der Waals surface area contributed by atoms with Gasteiger partial charge in [-0.25, -0.2) is 0 Å². The van der Waals surface area contributed by atoms with Gasteiger partial charge in [0.15, 0.2) is 44.0 Å². The summed E-state index contributed by atoms with van der Waals surface area (Å²) in [6.45, 7) is 3.19. The monoisotopic (exact) mass is 1720 g/mol. The Bertz CT molecular complexity index is 2860. The molecule has 22 N–H and O–H groups in total. The number of amides is 3. The van der Waals surface area contributed by atoms with Crippen molar-refractivity contribution < 1.29 is 178 Å². The number of nitrogens with one attached hydrogen (secondary N) is 3. The number of allylic oxidation sites excluding steroid dienone is 1. The first-order chi connectivity index (χ1) is 57.0. The van der Waals surface area contributed by atoms with Gasteiger partial charge in [-0.15, -0.1) is 0 Å². The van der Waals surface area contributed by atoms with Gasteiger partial charge in [0, 0.05) is 20.3 Å². The summed E-state index contributed by atoms with van der Waals surface area (Å²) in [6.07, 6.45) is -34.0. The summed E-state index contributed by atoms with van der Waals surface area (Å²) >= 11 is 0.